The first-order valence-electron chi connectivity index (χ1n) is 8.56. The maximum absolute atomic E-state index is 13.0. The van der Waals surface area contributed by atoms with E-state index < -0.39 is 10.0 Å². The van der Waals surface area contributed by atoms with Crippen LogP contribution in [-0.4, -0.2) is 30.0 Å². The van der Waals surface area contributed by atoms with Crippen LogP contribution in [0.15, 0.2) is 72.4 Å². The summed E-state index contributed by atoms with van der Waals surface area (Å²) in [6.07, 6.45) is 4.67. The largest absolute Gasteiger partial charge is 0.264 e. The number of thiophene rings is 1. The van der Waals surface area contributed by atoms with Crippen LogP contribution in [0.5, 0.6) is 0 Å². The summed E-state index contributed by atoms with van der Waals surface area (Å²) in [5.41, 5.74) is 1.94. The van der Waals surface area contributed by atoms with Gasteiger partial charge in [0, 0.05) is 30.4 Å². The van der Waals surface area contributed by atoms with Crippen molar-refractivity contribution in [2.45, 2.75) is 19.4 Å². The minimum atomic E-state index is -3.36. The Morgan fingerprint density at radius 2 is 1.73 bits per heavy atom. The van der Waals surface area contributed by atoms with Gasteiger partial charge >= 0.3 is 0 Å². The topological polar surface area (TPSA) is 50.3 Å². The molecule has 2 aromatic heterocycles. The molecule has 0 aliphatic heterocycles. The highest BCUT2D eigenvalue weighted by Gasteiger charge is 2.22. The van der Waals surface area contributed by atoms with Crippen molar-refractivity contribution in [2.75, 3.05) is 12.3 Å². The Balaban J connectivity index is 1.71. The standard InChI is InChI=1S/C20H22N2O2S2/c23-26(24,15-11-18-6-2-1-3-7-18)22(13-10-20-9-5-14-25-20)17-19-8-4-12-21-16-19/h1-9,12,14,16H,10-11,13,15,17H2. The maximum Gasteiger partial charge on any atom is 0.214 e. The van der Waals surface area contributed by atoms with Crippen LogP contribution < -0.4 is 0 Å². The number of aromatic nitrogens is 1. The average molecular weight is 387 g/mol. The fourth-order valence-corrected chi connectivity index (χ4v) is 4.89. The molecule has 0 bridgehead atoms. The van der Waals surface area contributed by atoms with Gasteiger partial charge in [-0.3, -0.25) is 4.98 Å². The molecule has 26 heavy (non-hydrogen) atoms. The Morgan fingerprint density at radius 3 is 2.42 bits per heavy atom. The summed E-state index contributed by atoms with van der Waals surface area (Å²) in [4.78, 5) is 5.30. The van der Waals surface area contributed by atoms with Gasteiger partial charge in [-0.2, -0.15) is 4.31 Å². The van der Waals surface area contributed by atoms with Crippen molar-refractivity contribution in [3.63, 3.8) is 0 Å². The normalized spacial score (nSPS) is 11.7. The highest BCUT2D eigenvalue weighted by atomic mass is 32.2. The fourth-order valence-electron chi connectivity index (χ4n) is 2.72. The molecule has 0 spiro atoms. The highest BCUT2D eigenvalue weighted by Crippen LogP contribution is 2.15. The van der Waals surface area contributed by atoms with Crippen molar-refractivity contribution < 1.29 is 8.42 Å². The van der Waals surface area contributed by atoms with Crippen molar-refractivity contribution in [3.8, 4) is 0 Å². The van der Waals surface area contributed by atoms with E-state index in [0.29, 0.717) is 19.5 Å². The molecule has 3 aromatic rings. The second-order valence-electron chi connectivity index (χ2n) is 6.08. The zero-order chi connectivity index (χ0) is 18.2. The molecular weight excluding hydrogens is 364 g/mol. The van der Waals surface area contributed by atoms with E-state index in [9.17, 15) is 8.42 Å². The van der Waals surface area contributed by atoms with Gasteiger partial charge in [0.05, 0.1) is 5.75 Å². The second-order valence-corrected chi connectivity index (χ2v) is 9.20. The molecule has 0 amide bonds. The number of pyridine rings is 1. The molecule has 136 valence electrons. The van der Waals surface area contributed by atoms with Crippen LogP contribution in [0.1, 0.15) is 16.0 Å². The van der Waals surface area contributed by atoms with Crippen LogP contribution >= 0.6 is 11.3 Å². The van der Waals surface area contributed by atoms with Gasteiger partial charge in [-0.25, -0.2) is 8.42 Å². The van der Waals surface area contributed by atoms with Gasteiger partial charge in [0.15, 0.2) is 0 Å². The van der Waals surface area contributed by atoms with Gasteiger partial charge in [-0.05, 0) is 41.5 Å². The third kappa shape index (κ3) is 5.49. The number of aryl methyl sites for hydroxylation is 1. The summed E-state index contributed by atoms with van der Waals surface area (Å²) in [6.45, 7) is 0.836. The molecule has 0 saturated heterocycles. The van der Waals surface area contributed by atoms with Crippen LogP contribution in [0.3, 0.4) is 0 Å². The zero-order valence-electron chi connectivity index (χ0n) is 14.5. The predicted octanol–water partition coefficient (Wildman–Crippen LogP) is 3.76. The summed E-state index contributed by atoms with van der Waals surface area (Å²) >= 11 is 1.66. The van der Waals surface area contributed by atoms with Crippen LogP contribution in [-0.2, 0) is 29.4 Å². The molecule has 0 N–H and O–H groups in total. The van der Waals surface area contributed by atoms with Crippen molar-refractivity contribution >= 4 is 21.4 Å². The van der Waals surface area contributed by atoms with Crippen molar-refractivity contribution in [1.82, 2.24) is 9.29 Å². The number of hydrogen-bond donors (Lipinski definition) is 0. The molecule has 1 aromatic carbocycles. The summed E-state index contributed by atoms with van der Waals surface area (Å²) in [5.74, 6) is 0.113. The molecule has 3 rings (SSSR count). The lowest BCUT2D eigenvalue weighted by Gasteiger charge is -2.22. The first kappa shape index (κ1) is 18.8. The smallest absolute Gasteiger partial charge is 0.214 e. The number of nitrogens with zero attached hydrogens (tertiary/aromatic N) is 2. The van der Waals surface area contributed by atoms with Gasteiger partial charge < -0.3 is 0 Å². The first-order valence-corrected chi connectivity index (χ1v) is 11.1. The van der Waals surface area contributed by atoms with Gasteiger partial charge in [0.1, 0.15) is 0 Å². The van der Waals surface area contributed by atoms with E-state index in [-0.39, 0.29) is 5.75 Å². The van der Waals surface area contributed by atoms with E-state index in [4.69, 9.17) is 0 Å². The van der Waals surface area contributed by atoms with Crippen LogP contribution in [0, 0.1) is 0 Å². The molecule has 0 aliphatic rings. The lowest BCUT2D eigenvalue weighted by molar-refractivity contribution is 0.410. The molecule has 0 radical (unpaired) electrons. The van der Waals surface area contributed by atoms with Gasteiger partial charge in [-0.1, -0.05) is 42.5 Å². The first-order chi connectivity index (χ1) is 12.6. The maximum atomic E-state index is 13.0. The third-order valence-electron chi connectivity index (χ3n) is 4.15. The molecule has 0 unspecified atom stereocenters. The quantitative estimate of drug-likeness (QED) is 0.563. The molecule has 4 nitrogen and oxygen atoms in total. The molecule has 6 heteroatoms. The van der Waals surface area contributed by atoms with E-state index >= 15 is 0 Å². The Labute approximate surface area is 159 Å². The lowest BCUT2D eigenvalue weighted by Crippen LogP contribution is -2.34. The van der Waals surface area contributed by atoms with Crippen LogP contribution in [0.4, 0.5) is 0 Å². The number of sulfonamides is 1. The van der Waals surface area contributed by atoms with E-state index in [0.717, 1.165) is 17.5 Å². The van der Waals surface area contributed by atoms with Crippen LogP contribution in [0.2, 0.25) is 0 Å². The van der Waals surface area contributed by atoms with Crippen molar-refractivity contribution in [2.24, 2.45) is 0 Å². The van der Waals surface area contributed by atoms with Crippen molar-refractivity contribution in [1.29, 1.82) is 0 Å². The minimum Gasteiger partial charge on any atom is -0.264 e. The molecule has 0 fully saturated rings. The van der Waals surface area contributed by atoms with E-state index in [1.807, 2.05) is 60.0 Å². The number of hydrogen-bond acceptors (Lipinski definition) is 4. The number of rotatable bonds is 9. The Morgan fingerprint density at radius 1 is 0.923 bits per heavy atom. The lowest BCUT2D eigenvalue weighted by atomic mass is 10.2. The van der Waals surface area contributed by atoms with E-state index in [2.05, 4.69) is 4.98 Å². The summed E-state index contributed by atoms with van der Waals surface area (Å²) < 4.78 is 27.5. The summed E-state index contributed by atoms with van der Waals surface area (Å²) in [7, 11) is -3.36. The fraction of sp³-hybridized carbons (Fsp3) is 0.250. The second kappa shape index (κ2) is 9.07. The Hall–Kier alpha value is -2.02. The summed E-state index contributed by atoms with van der Waals surface area (Å²) in [5, 5.41) is 2.02. The molecular formula is C20H22N2O2S2. The zero-order valence-corrected chi connectivity index (χ0v) is 16.1. The van der Waals surface area contributed by atoms with E-state index in [1.54, 1.807) is 28.0 Å². The molecule has 0 saturated carbocycles. The third-order valence-corrected chi connectivity index (χ3v) is 6.91. The number of benzene rings is 1. The molecule has 2 heterocycles. The van der Waals surface area contributed by atoms with Gasteiger partial charge in [-0.15, -0.1) is 11.3 Å². The Bertz CT molecular complexity index is 880. The predicted molar refractivity (Wildman–Crippen MR) is 107 cm³/mol. The van der Waals surface area contributed by atoms with Gasteiger partial charge in [0.2, 0.25) is 10.0 Å². The summed E-state index contributed by atoms with van der Waals surface area (Å²) in [6, 6.07) is 17.5. The van der Waals surface area contributed by atoms with Gasteiger partial charge in [0.25, 0.3) is 0 Å². The Kier molecular flexibility index (Phi) is 6.55. The van der Waals surface area contributed by atoms with Crippen LogP contribution in [0.25, 0.3) is 0 Å². The van der Waals surface area contributed by atoms with Crippen molar-refractivity contribution in [3.05, 3.63) is 88.4 Å². The average Bonchev–Trinajstić information content (AvgIpc) is 3.19. The monoisotopic (exact) mass is 386 g/mol. The van der Waals surface area contributed by atoms with E-state index in [1.165, 1.54) is 4.88 Å². The highest BCUT2D eigenvalue weighted by molar-refractivity contribution is 7.89. The molecule has 0 aliphatic carbocycles. The molecule has 0 atom stereocenters. The minimum absolute atomic E-state index is 0.113. The SMILES string of the molecule is O=S(=O)(CCc1ccccc1)N(CCc1cccs1)Cc1cccnc1.